The van der Waals surface area contributed by atoms with Gasteiger partial charge in [-0.15, -0.1) is 0 Å². The van der Waals surface area contributed by atoms with Crippen LogP contribution in [0.5, 0.6) is 11.5 Å². The number of carbonyl (C=O) groups is 1. The molecule has 0 radical (unpaired) electrons. The topological polar surface area (TPSA) is 88.6 Å². The van der Waals surface area contributed by atoms with E-state index < -0.39 is 5.60 Å². The first-order valence-corrected chi connectivity index (χ1v) is 10.8. The Kier molecular flexibility index (Phi) is 6.00. The lowest BCUT2D eigenvalue weighted by molar-refractivity contribution is -0.146. The van der Waals surface area contributed by atoms with Crippen molar-refractivity contribution in [1.29, 1.82) is 0 Å². The lowest BCUT2D eigenvalue weighted by Gasteiger charge is -2.35. The lowest BCUT2D eigenvalue weighted by Crippen LogP contribution is -2.50. The highest BCUT2D eigenvalue weighted by Gasteiger charge is 2.37. The fourth-order valence-electron chi connectivity index (χ4n) is 4.25. The molecule has 2 aromatic rings. The van der Waals surface area contributed by atoms with Crippen molar-refractivity contribution in [2.75, 3.05) is 32.6 Å². The molecule has 0 saturated carbocycles. The van der Waals surface area contributed by atoms with Crippen LogP contribution >= 0.6 is 0 Å². The number of hydrogen-bond acceptors (Lipinski definition) is 7. The molecule has 31 heavy (non-hydrogen) atoms. The van der Waals surface area contributed by atoms with E-state index in [1.165, 1.54) is 0 Å². The molecule has 0 bridgehead atoms. The van der Waals surface area contributed by atoms with E-state index >= 15 is 0 Å². The van der Waals surface area contributed by atoms with Gasteiger partial charge in [0.05, 0.1) is 25.4 Å². The summed E-state index contributed by atoms with van der Waals surface area (Å²) in [4.78, 5) is 24.8. The summed E-state index contributed by atoms with van der Waals surface area (Å²) in [6.45, 7) is 5.67. The number of aromatic nitrogens is 2. The zero-order chi connectivity index (χ0) is 22.0. The van der Waals surface area contributed by atoms with Crippen LogP contribution in [0.2, 0.25) is 0 Å². The van der Waals surface area contributed by atoms with Crippen LogP contribution in [0.25, 0.3) is 0 Å². The molecule has 1 amide bonds. The Balaban J connectivity index is 1.52. The molecule has 2 aliphatic heterocycles. The molecular weight excluding hydrogens is 394 g/mol. The van der Waals surface area contributed by atoms with Crippen molar-refractivity contribution < 1.29 is 14.3 Å². The molecule has 2 N–H and O–H groups in total. The highest BCUT2D eigenvalue weighted by molar-refractivity contribution is 5.85. The summed E-state index contributed by atoms with van der Waals surface area (Å²) < 4.78 is 11.2. The SMILES string of the molecule is CNc1nc([C@@H]2CCCN2)nc2c1CCN(C(=O)C(C)(C)Oc1ccc(OC)cc1)C2. The Hall–Kier alpha value is -2.87. The monoisotopic (exact) mass is 425 g/mol. The van der Waals surface area contributed by atoms with Gasteiger partial charge in [-0.2, -0.15) is 0 Å². The van der Waals surface area contributed by atoms with Gasteiger partial charge >= 0.3 is 0 Å². The van der Waals surface area contributed by atoms with E-state index in [9.17, 15) is 4.79 Å². The number of nitrogens with zero attached hydrogens (tertiary/aromatic N) is 3. The van der Waals surface area contributed by atoms with Crippen molar-refractivity contribution in [2.45, 2.75) is 51.3 Å². The van der Waals surface area contributed by atoms with E-state index in [1.54, 1.807) is 7.11 Å². The molecule has 1 aromatic heterocycles. The van der Waals surface area contributed by atoms with Crippen molar-refractivity contribution in [2.24, 2.45) is 0 Å². The van der Waals surface area contributed by atoms with Gasteiger partial charge in [0, 0.05) is 19.2 Å². The van der Waals surface area contributed by atoms with Gasteiger partial charge < -0.3 is 25.0 Å². The summed E-state index contributed by atoms with van der Waals surface area (Å²) in [5, 5.41) is 6.68. The first kappa shape index (κ1) is 21.4. The maximum Gasteiger partial charge on any atom is 0.266 e. The largest absolute Gasteiger partial charge is 0.497 e. The number of anilines is 1. The number of hydrogen-bond donors (Lipinski definition) is 2. The third-order valence-corrected chi connectivity index (χ3v) is 5.93. The van der Waals surface area contributed by atoms with Gasteiger partial charge in [-0.1, -0.05) is 0 Å². The van der Waals surface area contributed by atoms with Crippen molar-refractivity contribution in [1.82, 2.24) is 20.2 Å². The first-order valence-electron chi connectivity index (χ1n) is 10.8. The van der Waals surface area contributed by atoms with Gasteiger partial charge in [-0.3, -0.25) is 4.79 Å². The Morgan fingerprint density at radius 2 is 1.97 bits per heavy atom. The third-order valence-electron chi connectivity index (χ3n) is 5.93. The van der Waals surface area contributed by atoms with Crippen molar-refractivity contribution in [3.8, 4) is 11.5 Å². The van der Waals surface area contributed by atoms with Gasteiger partial charge in [0.1, 0.15) is 23.1 Å². The molecule has 1 saturated heterocycles. The van der Waals surface area contributed by atoms with Crippen LogP contribution < -0.4 is 20.1 Å². The summed E-state index contributed by atoms with van der Waals surface area (Å²) in [5.74, 6) is 3.00. The molecule has 1 atom stereocenters. The van der Waals surface area contributed by atoms with Crippen molar-refractivity contribution >= 4 is 11.7 Å². The number of amides is 1. The van der Waals surface area contributed by atoms with Gasteiger partial charge in [-0.25, -0.2) is 9.97 Å². The summed E-state index contributed by atoms with van der Waals surface area (Å²) >= 11 is 0. The molecule has 1 fully saturated rings. The van der Waals surface area contributed by atoms with E-state index in [4.69, 9.17) is 19.4 Å². The molecule has 2 aliphatic rings. The van der Waals surface area contributed by atoms with Crippen LogP contribution in [0.15, 0.2) is 24.3 Å². The molecule has 0 unspecified atom stereocenters. The molecule has 4 rings (SSSR count). The molecule has 8 nitrogen and oxygen atoms in total. The average molecular weight is 426 g/mol. The normalized spacial score (nSPS) is 18.5. The van der Waals surface area contributed by atoms with Gasteiger partial charge in [0.2, 0.25) is 0 Å². The Bertz CT molecular complexity index is 939. The number of methoxy groups -OCH3 is 1. The summed E-state index contributed by atoms with van der Waals surface area (Å²) in [6, 6.07) is 7.45. The fraction of sp³-hybridized carbons (Fsp3) is 0.522. The predicted molar refractivity (Wildman–Crippen MR) is 118 cm³/mol. The van der Waals surface area contributed by atoms with Crippen molar-refractivity contribution in [3.63, 3.8) is 0 Å². The van der Waals surface area contributed by atoms with Crippen molar-refractivity contribution in [3.05, 3.63) is 41.3 Å². The summed E-state index contributed by atoms with van der Waals surface area (Å²) in [6.07, 6.45) is 2.88. The zero-order valence-corrected chi connectivity index (χ0v) is 18.7. The number of nitrogens with one attached hydrogen (secondary N) is 2. The highest BCUT2D eigenvalue weighted by atomic mass is 16.5. The van der Waals surface area contributed by atoms with Crippen LogP contribution in [0.3, 0.4) is 0 Å². The first-order chi connectivity index (χ1) is 14.9. The minimum atomic E-state index is -0.999. The second-order valence-electron chi connectivity index (χ2n) is 8.52. The number of carbonyl (C=O) groups excluding carboxylic acids is 1. The quantitative estimate of drug-likeness (QED) is 0.736. The van der Waals surface area contributed by atoms with E-state index in [-0.39, 0.29) is 11.9 Å². The van der Waals surface area contributed by atoms with E-state index in [2.05, 4.69) is 10.6 Å². The minimum absolute atomic E-state index is 0.0564. The molecular formula is C23H31N5O3. The summed E-state index contributed by atoms with van der Waals surface area (Å²) in [5.41, 5.74) is 1.02. The second kappa shape index (κ2) is 8.70. The van der Waals surface area contributed by atoms with Crippen LogP contribution in [-0.2, 0) is 17.8 Å². The Morgan fingerprint density at radius 1 is 1.23 bits per heavy atom. The number of rotatable bonds is 6. The van der Waals surface area contributed by atoms with Crippen LogP contribution in [0.4, 0.5) is 5.82 Å². The third kappa shape index (κ3) is 4.44. The van der Waals surface area contributed by atoms with Gasteiger partial charge in [-0.05, 0) is 63.9 Å². The predicted octanol–water partition coefficient (Wildman–Crippen LogP) is 2.69. The van der Waals surface area contributed by atoms with Crippen LogP contribution in [0.1, 0.15) is 49.8 Å². The lowest BCUT2D eigenvalue weighted by atomic mass is 10.0. The van der Waals surface area contributed by atoms with Gasteiger partial charge in [0.25, 0.3) is 5.91 Å². The Morgan fingerprint density at radius 3 is 2.61 bits per heavy atom. The molecule has 0 spiro atoms. The van der Waals surface area contributed by atoms with Crippen LogP contribution in [0, 0.1) is 0 Å². The average Bonchev–Trinajstić information content (AvgIpc) is 3.32. The number of benzene rings is 1. The number of fused-ring (bicyclic) bond motifs is 1. The molecule has 1 aromatic carbocycles. The fourth-order valence-corrected chi connectivity index (χ4v) is 4.25. The van der Waals surface area contributed by atoms with Gasteiger partial charge in [0.15, 0.2) is 5.60 Å². The minimum Gasteiger partial charge on any atom is -0.497 e. The molecule has 0 aliphatic carbocycles. The second-order valence-corrected chi connectivity index (χ2v) is 8.52. The standard InChI is InChI=1S/C23H31N5O3/c1-23(2,31-16-9-7-15(30-4)8-10-16)22(29)28-13-11-17-19(14-28)26-21(27-20(17)24-3)18-6-5-12-25-18/h7-10,18,25H,5-6,11-14H2,1-4H3,(H,24,26,27)/t18-/m0/s1. The van der Waals surface area contributed by atoms with E-state index in [0.29, 0.717) is 25.3 Å². The zero-order valence-electron chi connectivity index (χ0n) is 18.7. The maximum absolute atomic E-state index is 13.4. The highest BCUT2D eigenvalue weighted by Crippen LogP contribution is 2.30. The van der Waals surface area contributed by atoms with Crippen LogP contribution in [-0.4, -0.2) is 53.6 Å². The van der Waals surface area contributed by atoms with E-state index in [1.807, 2.05) is 50.1 Å². The summed E-state index contributed by atoms with van der Waals surface area (Å²) in [7, 11) is 3.51. The molecule has 166 valence electrons. The Labute approximate surface area is 183 Å². The van der Waals surface area contributed by atoms with E-state index in [0.717, 1.165) is 48.0 Å². The maximum atomic E-state index is 13.4. The number of ether oxygens (including phenoxy) is 2. The molecule has 8 heteroatoms. The smallest absolute Gasteiger partial charge is 0.266 e. The molecule has 3 heterocycles.